The normalized spacial score (nSPS) is 23.3. The van der Waals surface area contributed by atoms with Crippen LogP contribution in [0.1, 0.15) is 81.1 Å². The maximum Gasteiger partial charge on any atom is 0.168 e. The van der Waals surface area contributed by atoms with E-state index in [9.17, 15) is 19.5 Å². The summed E-state index contributed by atoms with van der Waals surface area (Å²) in [5.41, 5.74) is 3.74. The SMILES string of the molecule is CC(C)(CO)C(=O)C1CCCC(=O)C2=CC(C3CCOCC3)C=C2CC(=O)c2csc(c2)-c2cccc(c2)CCC1. The van der Waals surface area contributed by atoms with Gasteiger partial charge in [0, 0.05) is 58.8 Å². The van der Waals surface area contributed by atoms with Crippen molar-refractivity contribution in [1.82, 2.24) is 0 Å². The molecule has 218 valence electrons. The van der Waals surface area contributed by atoms with Gasteiger partial charge in [0.2, 0.25) is 0 Å². The molecule has 1 aromatic heterocycles. The van der Waals surface area contributed by atoms with Crippen LogP contribution in [0.5, 0.6) is 0 Å². The highest BCUT2D eigenvalue weighted by Gasteiger charge is 2.34. The molecule has 3 aliphatic rings. The second-order valence-corrected chi connectivity index (χ2v) is 13.5. The van der Waals surface area contributed by atoms with Crippen molar-refractivity contribution in [3.8, 4) is 10.4 Å². The maximum absolute atomic E-state index is 13.6. The number of aryl methyl sites for hydroxylation is 1. The molecule has 1 aliphatic heterocycles. The van der Waals surface area contributed by atoms with E-state index < -0.39 is 5.41 Å². The van der Waals surface area contributed by atoms with E-state index in [0.717, 1.165) is 61.3 Å². The van der Waals surface area contributed by atoms with E-state index in [2.05, 4.69) is 36.4 Å². The molecule has 1 saturated heterocycles. The minimum atomic E-state index is -0.802. The average Bonchev–Trinajstić information content (AvgIpc) is 3.64. The molecule has 1 aromatic carbocycles. The second kappa shape index (κ2) is 13.1. The van der Waals surface area contributed by atoms with Crippen LogP contribution < -0.4 is 0 Å². The summed E-state index contributed by atoms with van der Waals surface area (Å²) < 4.78 is 5.57. The first-order valence-electron chi connectivity index (χ1n) is 15.1. The molecule has 0 spiro atoms. The average molecular weight is 575 g/mol. The number of hydrogen-bond donors (Lipinski definition) is 1. The summed E-state index contributed by atoms with van der Waals surface area (Å²) in [6, 6.07) is 10.4. The number of carbonyl (C=O) groups excluding carboxylic acids is 3. The van der Waals surface area contributed by atoms with E-state index in [0.29, 0.717) is 36.3 Å². The number of ether oxygens (including phenoxy) is 1. The third-order valence-corrected chi connectivity index (χ3v) is 10.1. The van der Waals surface area contributed by atoms with Gasteiger partial charge in [-0.05, 0) is 79.5 Å². The molecule has 2 atom stereocenters. The minimum absolute atomic E-state index is 0.0410. The number of carbonyl (C=O) groups is 3. The maximum atomic E-state index is 13.6. The van der Waals surface area contributed by atoms with Crippen molar-refractivity contribution >= 4 is 28.7 Å². The molecule has 2 heterocycles. The zero-order valence-corrected chi connectivity index (χ0v) is 25.1. The van der Waals surface area contributed by atoms with Crippen LogP contribution in [0, 0.1) is 23.2 Å². The van der Waals surface area contributed by atoms with Gasteiger partial charge >= 0.3 is 0 Å². The number of fused-ring (bicyclic) bond motifs is 6. The highest BCUT2D eigenvalue weighted by atomic mass is 32.1. The topological polar surface area (TPSA) is 80.7 Å². The Morgan fingerprint density at radius 2 is 1.73 bits per heavy atom. The summed E-state index contributed by atoms with van der Waals surface area (Å²) in [5, 5.41) is 11.8. The van der Waals surface area contributed by atoms with Gasteiger partial charge in [-0.15, -0.1) is 11.3 Å². The molecule has 2 unspecified atom stereocenters. The molecule has 0 saturated carbocycles. The van der Waals surface area contributed by atoms with Crippen molar-refractivity contribution in [2.24, 2.45) is 23.2 Å². The predicted octanol–water partition coefficient (Wildman–Crippen LogP) is 7.18. The number of benzene rings is 1. The molecule has 6 heteroatoms. The third-order valence-electron chi connectivity index (χ3n) is 9.10. The van der Waals surface area contributed by atoms with Crippen molar-refractivity contribution in [2.75, 3.05) is 19.8 Å². The van der Waals surface area contributed by atoms with Crippen LogP contribution in [0.15, 0.2) is 59.0 Å². The quantitative estimate of drug-likeness (QED) is 0.419. The lowest BCUT2D eigenvalue weighted by molar-refractivity contribution is -0.134. The summed E-state index contributed by atoms with van der Waals surface area (Å²) in [5.74, 6) is 0.551. The van der Waals surface area contributed by atoms with Crippen LogP contribution in [-0.2, 0) is 20.7 Å². The van der Waals surface area contributed by atoms with Gasteiger partial charge < -0.3 is 9.84 Å². The summed E-state index contributed by atoms with van der Waals surface area (Å²) in [6.07, 6.45) is 10.4. The van der Waals surface area contributed by atoms with E-state index in [1.165, 1.54) is 5.56 Å². The van der Waals surface area contributed by atoms with Gasteiger partial charge in [-0.3, -0.25) is 14.4 Å². The lowest BCUT2D eigenvalue weighted by Crippen LogP contribution is -2.34. The summed E-state index contributed by atoms with van der Waals surface area (Å²) >= 11 is 1.58. The predicted molar refractivity (Wildman–Crippen MR) is 163 cm³/mol. The standard InChI is InChI=1S/C35H42O5S/c1-35(2,22-36)34(39)25-8-3-6-23-7-4-10-26(16-23)33-20-29(21-41-33)32(38)19-28-17-27(24-12-14-40-15-13-24)18-30(28)31(37)11-5-9-25/h4,7,10,16-18,20-21,24-25,27,36H,3,5-6,8-9,11-15,19,22H2,1-2H3. The Labute approximate surface area is 247 Å². The number of ketones is 3. The molecule has 5 rings (SSSR count). The number of allylic oxidation sites excluding steroid dienone is 4. The van der Waals surface area contributed by atoms with Crippen LogP contribution >= 0.6 is 11.3 Å². The molecule has 0 amide bonds. The van der Waals surface area contributed by atoms with Crippen molar-refractivity contribution in [1.29, 1.82) is 0 Å². The van der Waals surface area contributed by atoms with Gasteiger partial charge in [-0.25, -0.2) is 0 Å². The molecule has 2 aliphatic carbocycles. The van der Waals surface area contributed by atoms with E-state index in [4.69, 9.17) is 4.74 Å². The van der Waals surface area contributed by atoms with E-state index in [-0.39, 0.29) is 42.2 Å². The largest absolute Gasteiger partial charge is 0.395 e. The van der Waals surface area contributed by atoms with Gasteiger partial charge in [0.15, 0.2) is 11.6 Å². The van der Waals surface area contributed by atoms with Crippen molar-refractivity contribution in [3.63, 3.8) is 0 Å². The molecule has 5 nitrogen and oxygen atoms in total. The van der Waals surface area contributed by atoms with Crippen molar-refractivity contribution < 1.29 is 24.2 Å². The Kier molecular flexibility index (Phi) is 9.52. The molecular formula is C35H42O5S. The Morgan fingerprint density at radius 1 is 0.976 bits per heavy atom. The Morgan fingerprint density at radius 3 is 2.49 bits per heavy atom. The molecule has 0 radical (unpaired) electrons. The Hall–Kier alpha value is -2.67. The Bertz CT molecular complexity index is 1340. The molecule has 2 aromatic rings. The molecule has 4 bridgehead atoms. The highest BCUT2D eigenvalue weighted by molar-refractivity contribution is 7.13. The van der Waals surface area contributed by atoms with E-state index >= 15 is 0 Å². The van der Waals surface area contributed by atoms with Crippen molar-refractivity contribution in [2.45, 2.75) is 71.6 Å². The number of thiophene rings is 1. The van der Waals surface area contributed by atoms with E-state index in [1.54, 1.807) is 25.2 Å². The summed E-state index contributed by atoms with van der Waals surface area (Å²) in [7, 11) is 0. The summed E-state index contributed by atoms with van der Waals surface area (Å²) in [4.78, 5) is 41.6. The fraction of sp³-hybridized carbons (Fsp3) is 0.514. The molecule has 41 heavy (non-hydrogen) atoms. The van der Waals surface area contributed by atoms with Crippen LogP contribution in [0.3, 0.4) is 0 Å². The molecule has 1 N–H and O–H groups in total. The summed E-state index contributed by atoms with van der Waals surface area (Å²) in [6.45, 7) is 4.89. The number of Topliss-reactive ketones (excluding diaryl/α,β-unsaturated/α-hetero) is 3. The fourth-order valence-corrected chi connectivity index (χ4v) is 7.40. The zero-order chi connectivity index (χ0) is 29.0. The Balaban J connectivity index is 1.45. The van der Waals surface area contributed by atoms with Crippen molar-refractivity contribution in [3.05, 3.63) is 70.1 Å². The van der Waals surface area contributed by atoms with Gasteiger partial charge in [0.25, 0.3) is 0 Å². The number of hydrogen-bond acceptors (Lipinski definition) is 6. The van der Waals surface area contributed by atoms with Gasteiger partial charge in [0.1, 0.15) is 5.78 Å². The smallest absolute Gasteiger partial charge is 0.168 e. The lowest BCUT2D eigenvalue weighted by atomic mass is 9.77. The van der Waals surface area contributed by atoms with Crippen LogP contribution in [-0.4, -0.2) is 42.3 Å². The highest BCUT2D eigenvalue weighted by Crippen LogP contribution is 2.38. The first-order chi connectivity index (χ1) is 19.7. The van der Waals surface area contributed by atoms with Crippen LogP contribution in [0.25, 0.3) is 10.4 Å². The molecule has 1 fully saturated rings. The molecular weight excluding hydrogens is 532 g/mol. The van der Waals surface area contributed by atoms with Crippen LogP contribution in [0.2, 0.25) is 0 Å². The lowest BCUT2D eigenvalue weighted by Gasteiger charge is -2.26. The number of aliphatic hydroxyl groups is 1. The monoisotopic (exact) mass is 574 g/mol. The van der Waals surface area contributed by atoms with E-state index in [1.807, 2.05) is 11.4 Å². The second-order valence-electron chi connectivity index (χ2n) is 12.6. The first kappa shape index (κ1) is 29.8. The number of rotatable bonds is 4. The van der Waals surface area contributed by atoms with Gasteiger partial charge in [-0.2, -0.15) is 0 Å². The first-order valence-corrected chi connectivity index (χ1v) is 16.0. The third kappa shape index (κ3) is 7.04. The van der Waals surface area contributed by atoms with Crippen LogP contribution in [0.4, 0.5) is 0 Å². The van der Waals surface area contributed by atoms with Gasteiger partial charge in [0.05, 0.1) is 6.61 Å². The minimum Gasteiger partial charge on any atom is -0.395 e. The van der Waals surface area contributed by atoms with Gasteiger partial charge in [-0.1, -0.05) is 50.3 Å². The number of aliphatic hydroxyl groups excluding tert-OH is 1. The zero-order valence-electron chi connectivity index (χ0n) is 24.3. The fourth-order valence-electron chi connectivity index (χ4n) is 6.49.